The summed E-state index contributed by atoms with van der Waals surface area (Å²) in [4.78, 5) is 11.4. The molecule has 0 bridgehead atoms. The Labute approximate surface area is 99.8 Å². The lowest BCUT2D eigenvalue weighted by atomic mass is 10.0. The van der Waals surface area contributed by atoms with Crippen LogP contribution in [0.2, 0.25) is 0 Å². The highest BCUT2D eigenvalue weighted by Gasteiger charge is 2.09. The van der Waals surface area contributed by atoms with E-state index in [1.54, 1.807) is 18.2 Å². The molecular weight excluding hydrogens is 214 g/mol. The molecule has 2 aromatic rings. The Hall–Kier alpha value is -2.29. The molecule has 2 rings (SSSR count). The molecule has 0 heterocycles. The van der Waals surface area contributed by atoms with E-state index in [4.69, 9.17) is 5.73 Å². The molecule has 0 radical (unpaired) electrons. The number of esters is 1. The van der Waals surface area contributed by atoms with Crippen LogP contribution in [0.25, 0.3) is 11.1 Å². The van der Waals surface area contributed by atoms with Crippen LogP contribution < -0.4 is 5.73 Å². The molecule has 3 heteroatoms. The van der Waals surface area contributed by atoms with Crippen LogP contribution in [-0.2, 0) is 4.74 Å². The van der Waals surface area contributed by atoms with Gasteiger partial charge < -0.3 is 10.5 Å². The molecule has 17 heavy (non-hydrogen) atoms. The highest BCUT2D eigenvalue weighted by molar-refractivity contribution is 5.93. The first-order chi connectivity index (χ1) is 8.22. The van der Waals surface area contributed by atoms with Gasteiger partial charge in [0.2, 0.25) is 0 Å². The molecule has 2 aromatic carbocycles. The van der Waals surface area contributed by atoms with Gasteiger partial charge in [-0.05, 0) is 23.8 Å². The molecule has 0 amide bonds. The minimum Gasteiger partial charge on any atom is -0.465 e. The minimum absolute atomic E-state index is 0.359. The quantitative estimate of drug-likeness (QED) is 0.634. The lowest BCUT2D eigenvalue weighted by molar-refractivity contribution is 0.0601. The molecule has 0 saturated carbocycles. The molecule has 0 fully saturated rings. The molecular formula is C14H13NO2. The number of ether oxygens (including phenoxy) is 1. The largest absolute Gasteiger partial charge is 0.465 e. The van der Waals surface area contributed by atoms with Crippen LogP contribution in [0.4, 0.5) is 5.69 Å². The average Bonchev–Trinajstić information content (AvgIpc) is 2.39. The van der Waals surface area contributed by atoms with Crippen molar-refractivity contribution in [3.05, 3.63) is 54.1 Å². The number of hydrogen-bond donors (Lipinski definition) is 1. The molecule has 0 unspecified atom stereocenters. The molecule has 0 saturated heterocycles. The van der Waals surface area contributed by atoms with Crippen molar-refractivity contribution in [1.29, 1.82) is 0 Å². The molecule has 0 atom stereocenters. The summed E-state index contributed by atoms with van der Waals surface area (Å²) in [6.45, 7) is 0. The minimum atomic E-state index is -0.359. The Balaban J connectivity index is 2.50. The fourth-order valence-corrected chi connectivity index (χ4v) is 1.67. The van der Waals surface area contributed by atoms with E-state index in [1.807, 2.05) is 30.3 Å². The number of hydrogen-bond acceptors (Lipinski definition) is 3. The lowest BCUT2D eigenvalue weighted by Crippen LogP contribution is -2.02. The maximum absolute atomic E-state index is 11.4. The molecule has 86 valence electrons. The Morgan fingerprint density at radius 1 is 1.12 bits per heavy atom. The summed E-state index contributed by atoms with van der Waals surface area (Å²) in [6.07, 6.45) is 0. The van der Waals surface area contributed by atoms with Gasteiger partial charge in [0.25, 0.3) is 0 Å². The van der Waals surface area contributed by atoms with Gasteiger partial charge in [-0.15, -0.1) is 0 Å². The number of methoxy groups -OCH3 is 1. The number of benzene rings is 2. The van der Waals surface area contributed by atoms with Gasteiger partial charge in [0.1, 0.15) is 0 Å². The smallest absolute Gasteiger partial charge is 0.337 e. The highest BCUT2D eigenvalue weighted by atomic mass is 16.5. The zero-order valence-electron chi connectivity index (χ0n) is 9.51. The second kappa shape index (κ2) is 4.70. The number of nitrogens with two attached hydrogens (primary N) is 1. The monoisotopic (exact) mass is 227 g/mol. The van der Waals surface area contributed by atoms with Gasteiger partial charge in [-0.25, -0.2) is 4.79 Å². The first kappa shape index (κ1) is 11.2. The fourth-order valence-electron chi connectivity index (χ4n) is 1.67. The van der Waals surface area contributed by atoms with Crippen molar-refractivity contribution in [1.82, 2.24) is 0 Å². The van der Waals surface area contributed by atoms with Crippen LogP contribution in [0.15, 0.2) is 48.5 Å². The first-order valence-electron chi connectivity index (χ1n) is 5.25. The lowest BCUT2D eigenvalue weighted by Gasteiger charge is -2.07. The molecule has 0 spiro atoms. The SMILES string of the molecule is COC(=O)c1ccc(N)c(-c2ccccc2)c1. The van der Waals surface area contributed by atoms with E-state index in [2.05, 4.69) is 4.74 Å². The summed E-state index contributed by atoms with van der Waals surface area (Å²) in [5, 5.41) is 0. The van der Waals surface area contributed by atoms with Gasteiger partial charge in [0.15, 0.2) is 0 Å². The van der Waals surface area contributed by atoms with E-state index in [1.165, 1.54) is 7.11 Å². The first-order valence-corrected chi connectivity index (χ1v) is 5.25. The molecule has 2 N–H and O–H groups in total. The topological polar surface area (TPSA) is 52.3 Å². The summed E-state index contributed by atoms with van der Waals surface area (Å²) in [5.41, 5.74) is 8.88. The average molecular weight is 227 g/mol. The number of nitrogen functional groups attached to an aromatic ring is 1. The summed E-state index contributed by atoms with van der Waals surface area (Å²) < 4.78 is 4.69. The summed E-state index contributed by atoms with van der Waals surface area (Å²) in [5.74, 6) is -0.359. The molecule has 0 aliphatic rings. The van der Waals surface area contributed by atoms with Gasteiger partial charge in [0, 0.05) is 11.3 Å². The Morgan fingerprint density at radius 2 is 1.82 bits per heavy atom. The van der Waals surface area contributed by atoms with Gasteiger partial charge in [-0.1, -0.05) is 30.3 Å². The van der Waals surface area contributed by atoms with Crippen LogP contribution in [0, 0.1) is 0 Å². The molecule has 0 aliphatic carbocycles. The highest BCUT2D eigenvalue weighted by Crippen LogP contribution is 2.26. The van der Waals surface area contributed by atoms with E-state index >= 15 is 0 Å². The number of anilines is 1. The second-order valence-corrected chi connectivity index (χ2v) is 3.66. The molecule has 0 aliphatic heterocycles. The van der Waals surface area contributed by atoms with Gasteiger partial charge >= 0.3 is 5.97 Å². The van der Waals surface area contributed by atoms with Gasteiger partial charge in [-0.3, -0.25) is 0 Å². The van der Waals surface area contributed by atoms with Crippen molar-refractivity contribution in [3.63, 3.8) is 0 Å². The van der Waals surface area contributed by atoms with Gasteiger partial charge in [-0.2, -0.15) is 0 Å². The zero-order valence-corrected chi connectivity index (χ0v) is 9.51. The Bertz CT molecular complexity index is 535. The Morgan fingerprint density at radius 3 is 2.47 bits per heavy atom. The number of carbonyl (C=O) groups excluding carboxylic acids is 1. The Kier molecular flexibility index (Phi) is 3.10. The van der Waals surface area contributed by atoms with Crippen molar-refractivity contribution >= 4 is 11.7 Å². The summed E-state index contributed by atoms with van der Waals surface area (Å²) in [7, 11) is 1.36. The number of rotatable bonds is 2. The van der Waals surface area contributed by atoms with Crippen molar-refractivity contribution in [2.45, 2.75) is 0 Å². The van der Waals surface area contributed by atoms with Crippen molar-refractivity contribution in [2.75, 3.05) is 12.8 Å². The van der Waals surface area contributed by atoms with Crippen LogP contribution in [0.1, 0.15) is 10.4 Å². The second-order valence-electron chi connectivity index (χ2n) is 3.66. The van der Waals surface area contributed by atoms with E-state index in [0.29, 0.717) is 11.3 Å². The van der Waals surface area contributed by atoms with Crippen LogP contribution in [-0.4, -0.2) is 13.1 Å². The normalized spacial score (nSPS) is 9.94. The zero-order chi connectivity index (χ0) is 12.3. The maximum atomic E-state index is 11.4. The summed E-state index contributed by atoms with van der Waals surface area (Å²) >= 11 is 0. The molecule has 0 aromatic heterocycles. The maximum Gasteiger partial charge on any atom is 0.337 e. The van der Waals surface area contributed by atoms with E-state index in [-0.39, 0.29) is 5.97 Å². The van der Waals surface area contributed by atoms with Crippen LogP contribution in [0.3, 0.4) is 0 Å². The summed E-state index contributed by atoms with van der Waals surface area (Å²) in [6, 6.07) is 14.8. The van der Waals surface area contributed by atoms with E-state index in [0.717, 1.165) is 11.1 Å². The standard InChI is InChI=1S/C14H13NO2/c1-17-14(16)11-7-8-13(15)12(9-11)10-5-3-2-4-6-10/h2-9H,15H2,1H3. The van der Waals surface area contributed by atoms with Crippen molar-refractivity contribution in [2.24, 2.45) is 0 Å². The third kappa shape index (κ3) is 2.28. The number of carbonyl (C=O) groups is 1. The van der Waals surface area contributed by atoms with Crippen molar-refractivity contribution in [3.8, 4) is 11.1 Å². The third-order valence-corrected chi connectivity index (χ3v) is 2.56. The predicted octanol–water partition coefficient (Wildman–Crippen LogP) is 2.72. The van der Waals surface area contributed by atoms with E-state index in [9.17, 15) is 4.79 Å². The molecule has 3 nitrogen and oxygen atoms in total. The fraction of sp³-hybridized carbons (Fsp3) is 0.0714. The van der Waals surface area contributed by atoms with Crippen molar-refractivity contribution < 1.29 is 9.53 Å². The predicted molar refractivity (Wildman–Crippen MR) is 67.6 cm³/mol. The van der Waals surface area contributed by atoms with Crippen LogP contribution in [0.5, 0.6) is 0 Å². The van der Waals surface area contributed by atoms with E-state index < -0.39 is 0 Å². The third-order valence-electron chi connectivity index (χ3n) is 2.56. The van der Waals surface area contributed by atoms with Gasteiger partial charge in [0.05, 0.1) is 12.7 Å². The van der Waals surface area contributed by atoms with Crippen LogP contribution >= 0.6 is 0 Å².